The number of nitrogens with one attached hydrogen (secondary N) is 2. The number of rotatable bonds is 6. The predicted molar refractivity (Wildman–Crippen MR) is 85.7 cm³/mol. The molecule has 142 valence electrons. The Kier molecular flexibility index (Phi) is 5.73. The van der Waals surface area contributed by atoms with E-state index in [0.717, 1.165) is 0 Å². The Morgan fingerprint density at radius 1 is 1.36 bits per heavy atom. The predicted octanol–water partition coefficient (Wildman–Crippen LogP) is 0.764. The lowest BCUT2D eigenvalue weighted by Crippen LogP contribution is -2.50. The smallest absolute Gasteiger partial charge is 0.404 e. The molecule has 10 heteroatoms. The molecule has 2 aliphatic heterocycles. The van der Waals surface area contributed by atoms with Crippen LogP contribution in [0.25, 0.3) is 0 Å². The maximum Gasteiger partial charge on any atom is 0.404 e. The number of fused-ring (bicyclic) bond motifs is 2. The Morgan fingerprint density at radius 3 is 2.64 bits per heavy atom. The van der Waals surface area contributed by atoms with E-state index in [-0.39, 0.29) is 24.1 Å². The van der Waals surface area contributed by atoms with Gasteiger partial charge in [0.25, 0.3) is 5.91 Å². The number of carboxylic acid groups (broad SMARTS) is 1. The number of piperidine rings is 1. The van der Waals surface area contributed by atoms with Crippen molar-refractivity contribution in [3.63, 3.8) is 0 Å². The zero-order valence-corrected chi connectivity index (χ0v) is 14.7. The molecule has 10 nitrogen and oxygen atoms in total. The van der Waals surface area contributed by atoms with Crippen LogP contribution in [0.3, 0.4) is 0 Å². The summed E-state index contributed by atoms with van der Waals surface area (Å²) in [5.74, 6) is -0.444. The molecule has 0 aromatic carbocycles. The highest BCUT2D eigenvalue weighted by Gasteiger charge is 2.46. The van der Waals surface area contributed by atoms with Gasteiger partial charge in [0.05, 0.1) is 12.6 Å². The Bertz CT molecular complexity index is 535. The highest BCUT2D eigenvalue weighted by molar-refractivity contribution is 5.87. The van der Waals surface area contributed by atoms with Crippen LogP contribution in [-0.2, 0) is 9.63 Å². The fourth-order valence-electron chi connectivity index (χ4n) is 3.16. The summed E-state index contributed by atoms with van der Waals surface area (Å²) >= 11 is 0. The molecular weight excluding hydrogens is 332 g/mol. The van der Waals surface area contributed by atoms with Gasteiger partial charge in [0, 0.05) is 12.6 Å². The summed E-state index contributed by atoms with van der Waals surface area (Å²) < 4.78 is 0. The first-order chi connectivity index (χ1) is 11.6. The number of carbonyl (C=O) groups excluding carboxylic acids is 2. The van der Waals surface area contributed by atoms with Crippen molar-refractivity contribution < 1.29 is 29.5 Å². The third-order valence-corrected chi connectivity index (χ3v) is 4.67. The number of hydroxylamine groups is 3. The third-order valence-electron chi connectivity index (χ3n) is 4.67. The minimum atomic E-state index is -1.11. The molecule has 0 aliphatic carbocycles. The van der Waals surface area contributed by atoms with Gasteiger partial charge in [-0.3, -0.25) is 14.8 Å². The monoisotopic (exact) mass is 358 g/mol. The largest absolute Gasteiger partial charge is 0.465 e. The van der Waals surface area contributed by atoms with Gasteiger partial charge in [-0.25, -0.2) is 20.1 Å². The lowest BCUT2D eigenvalue weighted by Gasteiger charge is -2.31. The molecule has 0 radical (unpaired) electrons. The SMILES string of the molecule is CC(C)(C)C(CCONC(=O)[C@@H]1CC[C@@H]2CN1C(=O)N2O)NC(=O)O. The van der Waals surface area contributed by atoms with E-state index in [4.69, 9.17) is 9.94 Å². The number of amides is 4. The molecule has 2 fully saturated rings. The number of nitrogens with zero attached hydrogens (tertiary/aromatic N) is 2. The van der Waals surface area contributed by atoms with E-state index in [1.807, 2.05) is 20.8 Å². The van der Waals surface area contributed by atoms with Gasteiger partial charge in [-0.05, 0) is 24.7 Å². The van der Waals surface area contributed by atoms with Crippen LogP contribution in [0.4, 0.5) is 9.59 Å². The van der Waals surface area contributed by atoms with Crippen molar-refractivity contribution in [2.75, 3.05) is 13.2 Å². The summed E-state index contributed by atoms with van der Waals surface area (Å²) in [7, 11) is 0. The van der Waals surface area contributed by atoms with Crippen LogP contribution in [0.15, 0.2) is 0 Å². The van der Waals surface area contributed by atoms with Crippen molar-refractivity contribution in [2.45, 2.75) is 58.2 Å². The number of hydrogen-bond donors (Lipinski definition) is 4. The summed E-state index contributed by atoms with van der Waals surface area (Å²) in [5.41, 5.74) is 2.03. The average Bonchev–Trinajstić information content (AvgIpc) is 2.73. The van der Waals surface area contributed by atoms with E-state index in [9.17, 15) is 19.6 Å². The Morgan fingerprint density at radius 2 is 2.04 bits per heavy atom. The molecule has 2 saturated heterocycles. The van der Waals surface area contributed by atoms with E-state index < -0.39 is 24.1 Å². The molecule has 4 amide bonds. The Hall–Kier alpha value is -2.07. The third kappa shape index (κ3) is 4.51. The minimum Gasteiger partial charge on any atom is -0.465 e. The van der Waals surface area contributed by atoms with Gasteiger partial charge < -0.3 is 15.3 Å². The molecule has 3 atom stereocenters. The van der Waals surface area contributed by atoms with Crippen molar-refractivity contribution in [3.05, 3.63) is 0 Å². The summed E-state index contributed by atoms with van der Waals surface area (Å²) in [6, 6.07) is -1.83. The molecule has 2 bridgehead atoms. The molecule has 25 heavy (non-hydrogen) atoms. The lowest BCUT2D eigenvalue weighted by molar-refractivity contribution is -0.139. The van der Waals surface area contributed by atoms with Crippen molar-refractivity contribution in [3.8, 4) is 0 Å². The second-order valence-corrected chi connectivity index (χ2v) is 7.50. The van der Waals surface area contributed by atoms with Crippen molar-refractivity contribution in [1.29, 1.82) is 0 Å². The van der Waals surface area contributed by atoms with Gasteiger partial charge in [-0.2, -0.15) is 0 Å². The minimum absolute atomic E-state index is 0.128. The Labute approximate surface area is 146 Å². The lowest BCUT2D eigenvalue weighted by atomic mass is 9.85. The average molecular weight is 358 g/mol. The standard InChI is InChI=1S/C15H26N4O6/c1-15(2,3)11(16-13(21)22)6-7-25-17-12(20)10-5-4-9-8-18(10)14(23)19(9)24/h9-11,16,24H,4-8H2,1-3H3,(H,17,20)(H,21,22)/t9-,10+,11?/m1/s1. The topological polar surface area (TPSA) is 131 Å². The van der Waals surface area contributed by atoms with Crippen molar-refractivity contribution in [1.82, 2.24) is 20.8 Å². The van der Waals surface area contributed by atoms with Crippen LogP contribution < -0.4 is 10.8 Å². The molecule has 0 spiro atoms. The van der Waals surface area contributed by atoms with Gasteiger partial charge in [0.1, 0.15) is 6.04 Å². The second kappa shape index (κ2) is 7.44. The van der Waals surface area contributed by atoms with Crippen LogP contribution in [-0.4, -0.2) is 69.6 Å². The number of hydrogen-bond acceptors (Lipinski definition) is 5. The first-order valence-corrected chi connectivity index (χ1v) is 8.31. The van der Waals surface area contributed by atoms with E-state index in [2.05, 4.69) is 10.8 Å². The maximum absolute atomic E-state index is 12.2. The van der Waals surface area contributed by atoms with Gasteiger partial charge in [0.2, 0.25) is 0 Å². The van der Waals surface area contributed by atoms with Crippen LogP contribution in [0, 0.1) is 5.41 Å². The fourth-order valence-corrected chi connectivity index (χ4v) is 3.16. The van der Waals surface area contributed by atoms with Gasteiger partial charge in [-0.1, -0.05) is 20.8 Å². The van der Waals surface area contributed by atoms with Crippen LogP contribution in [0.5, 0.6) is 0 Å². The summed E-state index contributed by atoms with van der Waals surface area (Å²) in [4.78, 5) is 41.4. The van der Waals surface area contributed by atoms with Crippen LogP contribution in [0.2, 0.25) is 0 Å². The van der Waals surface area contributed by atoms with Gasteiger partial charge in [0.15, 0.2) is 0 Å². The van der Waals surface area contributed by atoms with E-state index >= 15 is 0 Å². The normalized spacial score (nSPS) is 24.2. The quantitative estimate of drug-likeness (QED) is 0.315. The number of urea groups is 1. The molecule has 0 aromatic heterocycles. The second-order valence-electron chi connectivity index (χ2n) is 7.50. The van der Waals surface area contributed by atoms with Crippen LogP contribution >= 0.6 is 0 Å². The summed E-state index contributed by atoms with van der Waals surface area (Å²) in [5, 5.41) is 21.6. The molecule has 2 heterocycles. The highest BCUT2D eigenvalue weighted by atomic mass is 16.7. The summed E-state index contributed by atoms with van der Waals surface area (Å²) in [6.45, 7) is 6.17. The zero-order valence-electron chi connectivity index (χ0n) is 14.7. The molecule has 0 saturated carbocycles. The van der Waals surface area contributed by atoms with Gasteiger partial charge >= 0.3 is 12.1 Å². The molecule has 1 unspecified atom stereocenters. The molecule has 0 aromatic rings. The van der Waals surface area contributed by atoms with E-state index in [0.29, 0.717) is 30.9 Å². The number of carbonyl (C=O) groups is 3. The van der Waals surface area contributed by atoms with Crippen molar-refractivity contribution >= 4 is 18.0 Å². The first kappa shape index (κ1) is 19.3. The highest BCUT2D eigenvalue weighted by Crippen LogP contribution is 2.28. The maximum atomic E-state index is 12.2. The van der Waals surface area contributed by atoms with E-state index in [1.165, 1.54) is 4.90 Å². The molecule has 4 N–H and O–H groups in total. The molecule has 2 rings (SSSR count). The zero-order chi connectivity index (χ0) is 18.8. The summed E-state index contributed by atoms with van der Waals surface area (Å²) in [6.07, 6.45) is 0.275. The molecular formula is C15H26N4O6. The fraction of sp³-hybridized carbons (Fsp3) is 0.800. The van der Waals surface area contributed by atoms with E-state index in [1.54, 1.807) is 0 Å². The van der Waals surface area contributed by atoms with Crippen LogP contribution in [0.1, 0.15) is 40.0 Å². The first-order valence-electron chi connectivity index (χ1n) is 8.31. The Balaban J connectivity index is 1.78. The molecule has 2 aliphatic rings. The van der Waals surface area contributed by atoms with Crippen molar-refractivity contribution in [2.24, 2.45) is 5.41 Å². The van der Waals surface area contributed by atoms with Gasteiger partial charge in [-0.15, -0.1) is 0 Å².